The summed E-state index contributed by atoms with van der Waals surface area (Å²) >= 11 is 1.69. The van der Waals surface area contributed by atoms with Crippen LogP contribution in [0.5, 0.6) is 0 Å². The van der Waals surface area contributed by atoms with Crippen molar-refractivity contribution in [3.8, 4) is 0 Å². The largest absolute Gasteiger partial charge is 0.382 e. The van der Waals surface area contributed by atoms with Crippen molar-refractivity contribution in [3.05, 3.63) is 22.4 Å². The fourth-order valence-electron chi connectivity index (χ4n) is 1.73. The van der Waals surface area contributed by atoms with Crippen molar-refractivity contribution in [3.63, 3.8) is 0 Å². The number of rotatable bonds is 10. The highest BCUT2D eigenvalue weighted by Crippen LogP contribution is 2.07. The molecule has 1 amide bonds. The lowest BCUT2D eigenvalue weighted by molar-refractivity contribution is -0.127. The Hall–Kier alpha value is -0.870. The third-order valence-electron chi connectivity index (χ3n) is 3.09. The van der Waals surface area contributed by atoms with Gasteiger partial charge < -0.3 is 20.3 Å². The maximum Gasteiger partial charge on any atom is 0.243 e. The van der Waals surface area contributed by atoms with Crippen LogP contribution >= 0.6 is 35.3 Å². The minimum atomic E-state index is -0.0152. The van der Waals surface area contributed by atoms with Crippen molar-refractivity contribution in [2.45, 2.75) is 26.3 Å². The predicted octanol–water partition coefficient (Wildman–Crippen LogP) is 2.31. The summed E-state index contributed by atoms with van der Waals surface area (Å²) in [5.74, 6) is 0.656. The number of carbonyl (C=O) groups excluding carboxylic acids is 1. The van der Waals surface area contributed by atoms with Crippen molar-refractivity contribution in [1.29, 1.82) is 0 Å². The van der Waals surface area contributed by atoms with E-state index in [2.05, 4.69) is 21.7 Å². The zero-order valence-corrected chi connectivity index (χ0v) is 17.9. The summed E-state index contributed by atoms with van der Waals surface area (Å²) in [5.41, 5.74) is 0. The average molecular weight is 468 g/mol. The highest BCUT2D eigenvalue weighted by atomic mass is 127. The second kappa shape index (κ2) is 14.5. The molecule has 0 saturated carbocycles. The van der Waals surface area contributed by atoms with Gasteiger partial charge in [0.05, 0.1) is 6.54 Å². The molecule has 1 rings (SSSR count). The lowest BCUT2D eigenvalue weighted by atomic mass is 10.3. The van der Waals surface area contributed by atoms with E-state index >= 15 is 0 Å². The van der Waals surface area contributed by atoms with Crippen LogP contribution in [-0.4, -0.2) is 57.2 Å². The Kier molecular flexibility index (Phi) is 13.9. The topological polar surface area (TPSA) is 66.0 Å². The number of guanidine groups is 1. The van der Waals surface area contributed by atoms with Gasteiger partial charge in [-0.3, -0.25) is 4.79 Å². The van der Waals surface area contributed by atoms with Crippen LogP contribution in [0.15, 0.2) is 22.5 Å². The molecule has 2 N–H and O–H groups in total. The Labute approximate surface area is 166 Å². The highest BCUT2D eigenvalue weighted by molar-refractivity contribution is 14.0. The molecule has 0 aliphatic heterocycles. The molecule has 0 aliphatic rings. The van der Waals surface area contributed by atoms with Crippen LogP contribution in [0, 0.1) is 0 Å². The molecule has 0 radical (unpaired) electrons. The quantitative estimate of drug-likeness (QED) is 0.240. The Morgan fingerprint density at radius 2 is 2.12 bits per heavy atom. The van der Waals surface area contributed by atoms with E-state index in [4.69, 9.17) is 4.74 Å². The number of thiophene rings is 1. The number of likely N-dealkylation sites (N-methyl/N-ethyl adjacent to an activating group) is 1. The lowest BCUT2D eigenvalue weighted by Crippen LogP contribution is -2.38. The molecule has 1 aromatic heterocycles. The first kappa shape index (κ1) is 23.1. The number of carbonyl (C=O) groups is 1. The predicted molar refractivity (Wildman–Crippen MR) is 111 cm³/mol. The lowest BCUT2D eigenvalue weighted by Gasteiger charge is -2.13. The molecule has 0 saturated heterocycles. The summed E-state index contributed by atoms with van der Waals surface area (Å²) in [6, 6.07) is 4.09. The molecule has 138 valence electrons. The Bertz CT molecular complexity index is 467. The van der Waals surface area contributed by atoms with Crippen LogP contribution in [-0.2, 0) is 16.1 Å². The smallest absolute Gasteiger partial charge is 0.243 e. The van der Waals surface area contributed by atoms with Crippen LogP contribution in [0.25, 0.3) is 0 Å². The molecular formula is C16H29IN4O2S. The van der Waals surface area contributed by atoms with Gasteiger partial charge in [0.15, 0.2) is 5.96 Å². The van der Waals surface area contributed by atoms with E-state index in [0.717, 1.165) is 32.6 Å². The third-order valence-corrected chi connectivity index (χ3v) is 3.97. The second-order valence-corrected chi connectivity index (χ2v) is 6.25. The zero-order chi connectivity index (χ0) is 16.9. The summed E-state index contributed by atoms with van der Waals surface area (Å²) in [7, 11) is 3.47. The van der Waals surface area contributed by atoms with Gasteiger partial charge in [-0.15, -0.1) is 35.3 Å². The molecule has 6 nitrogen and oxygen atoms in total. The summed E-state index contributed by atoms with van der Waals surface area (Å²) < 4.78 is 5.32. The molecule has 0 fully saturated rings. The van der Waals surface area contributed by atoms with Gasteiger partial charge in [-0.05, 0) is 31.2 Å². The number of nitrogens with one attached hydrogen (secondary N) is 2. The van der Waals surface area contributed by atoms with Crippen LogP contribution < -0.4 is 10.6 Å². The van der Waals surface area contributed by atoms with Crippen LogP contribution in [0.4, 0.5) is 0 Å². The van der Waals surface area contributed by atoms with E-state index in [9.17, 15) is 4.79 Å². The van der Waals surface area contributed by atoms with Gasteiger partial charge >= 0.3 is 0 Å². The van der Waals surface area contributed by atoms with Crippen LogP contribution in [0.3, 0.4) is 0 Å². The van der Waals surface area contributed by atoms with Crippen molar-refractivity contribution in [2.24, 2.45) is 4.99 Å². The molecule has 0 spiro atoms. The average Bonchev–Trinajstić information content (AvgIpc) is 3.05. The van der Waals surface area contributed by atoms with Crippen molar-refractivity contribution in [1.82, 2.24) is 15.5 Å². The first-order chi connectivity index (χ1) is 11.1. The Morgan fingerprint density at radius 3 is 2.75 bits per heavy atom. The number of ether oxygens (including phenoxy) is 1. The van der Waals surface area contributed by atoms with E-state index in [1.165, 1.54) is 4.88 Å². The zero-order valence-electron chi connectivity index (χ0n) is 14.7. The molecule has 0 bridgehead atoms. The standard InChI is InChI=1S/C16H28N4O2S.HI/c1-4-22-10-6-5-9-17-16(19-13-15(21)20(2)3)18-12-14-8-7-11-23-14;/h7-8,11H,4-6,9-10,12-13H2,1-3H3,(H2,17,18,19);1H. The summed E-state index contributed by atoms with van der Waals surface area (Å²) in [5, 5.41) is 8.58. The maximum absolute atomic E-state index is 11.7. The van der Waals surface area contributed by atoms with Crippen LogP contribution in [0.2, 0.25) is 0 Å². The fraction of sp³-hybridized carbons (Fsp3) is 0.625. The number of aliphatic imine (C=N–C) groups is 1. The molecule has 0 unspecified atom stereocenters. The normalized spacial score (nSPS) is 10.9. The van der Waals surface area contributed by atoms with E-state index in [1.54, 1.807) is 30.3 Å². The van der Waals surface area contributed by atoms with E-state index in [-0.39, 0.29) is 36.4 Å². The van der Waals surface area contributed by atoms with Gasteiger partial charge in [-0.25, -0.2) is 4.99 Å². The van der Waals surface area contributed by atoms with E-state index in [1.807, 2.05) is 18.4 Å². The van der Waals surface area contributed by atoms with Crippen molar-refractivity contribution in [2.75, 3.05) is 40.4 Å². The number of hydrogen-bond donors (Lipinski definition) is 2. The maximum atomic E-state index is 11.7. The molecule has 8 heteroatoms. The minimum Gasteiger partial charge on any atom is -0.382 e. The number of amides is 1. The van der Waals surface area contributed by atoms with Gasteiger partial charge in [0.2, 0.25) is 5.91 Å². The molecule has 24 heavy (non-hydrogen) atoms. The van der Waals surface area contributed by atoms with Gasteiger partial charge in [-0.2, -0.15) is 0 Å². The number of halogens is 1. The molecular weight excluding hydrogens is 439 g/mol. The highest BCUT2D eigenvalue weighted by Gasteiger charge is 2.04. The van der Waals surface area contributed by atoms with Gasteiger partial charge in [0, 0.05) is 38.7 Å². The molecule has 0 atom stereocenters. The molecule has 0 aliphatic carbocycles. The first-order valence-corrected chi connectivity index (χ1v) is 8.84. The van der Waals surface area contributed by atoms with E-state index in [0.29, 0.717) is 12.5 Å². The molecule has 0 aromatic carbocycles. The van der Waals surface area contributed by atoms with Crippen LogP contribution in [0.1, 0.15) is 24.6 Å². The minimum absolute atomic E-state index is 0. The molecule has 1 heterocycles. The van der Waals surface area contributed by atoms with Gasteiger partial charge in [-0.1, -0.05) is 6.07 Å². The van der Waals surface area contributed by atoms with Crippen molar-refractivity contribution >= 4 is 47.2 Å². The SMILES string of the molecule is CCOCCCCNC(=NCC(=O)N(C)C)NCc1cccs1.I. The fourth-order valence-corrected chi connectivity index (χ4v) is 2.37. The van der Waals surface area contributed by atoms with Gasteiger partial charge in [0.25, 0.3) is 0 Å². The van der Waals surface area contributed by atoms with Gasteiger partial charge in [0.1, 0.15) is 6.54 Å². The monoisotopic (exact) mass is 468 g/mol. The number of unbranched alkanes of at least 4 members (excludes halogenated alkanes) is 1. The van der Waals surface area contributed by atoms with Crippen molar-refractivity contribution < 1.29 is 9.53 Å². The Morgan fingerprint density at radius 1 is 1.33 bits per heavy atom. The molecule has 1 aromatic rings. The summed E-state index contributed by atoms with van der Waals surface area (Å²) in [4.78, 5) is 18.8. The number of nitrogens with zero attached hydrogens (tertiary/aromatic N) is 2. The Balaban J connectivity index is 0.00000529. The van der Waals surface area contributed by atoms with E-state index < -0.39 is 0 Å². The first-order valence-electron chi connectivity index (χ1n) is 7.96. The third kappa shape index (κ3) is 10.8. The second-order valence-electron chi connectivity index (χ2n) is 5.22. The summed E-state index contributed by atoms with van der Waals surface area (Å²) in [6.45, 7) is 5.20. The number of hydrogen-bond acceptors (Lipinski definition) is 4. The summed E-state index contributed by atoms with van der Waals surface area (Å²) in [6.07, 6.45) is 2.01.